The molecule has 3 N–H and O–H groups in total. The van der Waals surface area contributed by atoms with Gasteiger partial charge in [0.25, 0.3) is 5.69 Å². The summed E-state index contributed by atoms with van der Waals surface area (Å²) in [5.74, 6) is 0. The van der Waals surface area contributed by atoms with E-state index < -0.39 is 6.09 Å². The van der Waals surface area contributed by atoms with Crippen LogP contribution in [0.3, 0.4) is 0 Å². The molecule has 0 radical (unpaired) electrons. The van der Waals surface area contributed by atoms with Crippen molar-refractivity contribution in [3.63, 3.8) is 0 Å². The van der Waals surface area contributed by atoms with Crippen molar-refractivity contribution < 1.29 is 14.8 Å². The summed E-state index contributed by atoms with van der Waals surface area (Å²) in [6.45, 7) is 3.90. The second-order valence-corrected chi connectivity index (χ2v) is 7.95. The van der Waals surface area contributed by atoms with Gasteiger partial charge in [0.1, 0.15) is 0 Å². The monoisotopic (exact) mass is 376 g/mol. The van der Waals surface area contributed by atoms with Crippen LogP contribution in [0.2, 0.25) is 0 Å². The zero-order valence-electron chi connectivity index (χ0n) is 15.7. The number of anilines is 1. The van der Waals surface area contributed by atoms with Gasteiger partial charge in [0.2, 0.25) is 0 Å². The zero-order chi connectivity index (χ0) is 19.4. The van der Waals surface area contributed by atoms with E-state index in [0.29, 0.717) is 0 Å². The fraction of sp³-hybridized carbons (Fsp3) is 0.632. The molecule has 1 amide bonds. The number of nitro benzene ring substituents is 1. The van der Waals surface area contributed by atoms with Crippen molar-refractivity contribution in [2.45, 2.75) is 63.1 Å². The lowest BCUT2D eigenvalue weighted by Crippen LogP contribution is -2.63. The lowest BCUT2D eigenvalue weighted by atomic mass is 9.84. The minimum absolute atomic E-state index is 0.0529. The van der Waals surface area contributed by atoms with E-state index in [4.69, 9.17) is 5.11 Å². The highest BCUT2D eigenvalue weighted by Crippen LogP contribution is 2.29. The summed E-state index contributed by atoms with van der Waals surface area (Å²) in [5, 5.41) is 26.4. The first-order valence-electron chi connectivity index (χ1n) is 9.63. The molecule has 8 heteroatoms. The Morgan fingerprint density at radius 2 is 1.89 bits per heavy atom. The maximum atomic E-state index is 11.1. The van der Waals surface area contributed by atoms with Crippen LogP contribution in [0, 0.1) is 10.1 Å². The first-order chi connectivity index (χ1) is 12.9. The van der Waals surface area contributed by atoms with Crippen LogP contribution in [-0.4, -0.2) is 46.8 Å². The number of carbonyl (C=O) groups is 1. The predicted molar refractivity (Wildman–Crippen MR) is 103 cm³/mol. The van der Waals surface area contributed by atoms with Gasteiger partial charge in [-0.25, -0.2) is 4.79 Å². The topological polar surface area (TPSA) is 108 Å². The Morgan fingerprint density at radius 1 is 1.22 bits per heavy atom. The van der Waals surface area contributed by atoms with Gasteiger partial charge in [-0.15, -0.1) is 0 Å². The van der Waals surface area contributed by atoms with Crippen molar-refractivity contribution in [1.82, 2.24) is 10.6 Å². The minimum atomic E-state index is -0.963. The largest absolute Gasteiger partial charge is 0.465 e. The summed E-state index contributed by atoms with van der Waals surface area (Å²) >= 11 is 0. The van der Waals surface area contributed by atoms with Gasteiger partial charge in [-0.2, -0.15) is 0 Å². The average molecular weight is 376 g/mol. The van der Waals surface area contributed by atoms with Crippen molar-refractivity contribution >= 4 is 17.5 Å². The highest BCUT2D eigenvalue weighted by atomic mass is 16.6. The Kier molecular flexibility index (Phi) is 5.84. The lowest BCUT2D eigenvalue weighted by Gasteiger charge is -2.46. The molecule has 2 fully saturated rings. The molecule has 8 nitrogen and oxygen atoms in total. The van der Waals surface area contributed by atoms with Gasteiger partial charge in [-0.1, -0.05) is 12.8 Å². The van der Waals surface area contributed by atoms with E-state index in [1.807, 2.05) is 0 Å². The number of benzene rings is 1. The molecule has 0 bridgehead atoms. The number of rotatable bonds is 5. The second kappa shape index (κ2) is 8.12. The van der Waals surface area contributed by atoms with Crippen molar-refractivity contribution in [2.24, 2.45) is 0 Å². The zero-order valence-corrected chi connectivity index (χ0v) is 15.7. The number of nitro groups is 1. The molecule has 27 heavy (non-hydrogen) atoms. The Bertz CT molecular complexity index is 681. The molecule has 3 rings (SSSR count). The molecule has 148 valence electrons. The number of amides is 1. The van der Waals surface area contributed by atoms with Gasteiger partial charge in [0, 0.05) is 48.5 Å². The molecule has 0 unspecified atom stereocenters. The summed E-state index contributed by atoms with van der Waals surface area (Å²) in [7, 11) is 0. The van der Waals surface area contributed by atoms with Crippen LogP contribution in [0.4, 0.5) is 16.2 Å². The molecule has 3 atom stereocenters. The van der Waals surface area contributed by atoms with Crippen LogP contribution in [0.15, 0.2) is 24.3 Å². The molecule has 1 aromatic rings. The van der Waals surface area contributed by atoms with Crippen LogP contribution in [0.1, 0.15) is 45.4 Å². The SMILES string of the molecule is C[C@]1(N[C@@H]2CCCC[C@H]2NC(=O)O)CCCN(c2ccc([N+](=O)[O-])cc2)C1. The van der Waals surface area contributed by atoms with Gasteiger partial charge in [0.05, 0.1) is 4.92 Å². The van der Waals surface area contributed by atoms with E-state index in [1.54, 1.807) is 24.3 Å². The van der Waals surface area contributed by atoms with E-state index in [2.05, 4.69) is 22.5 Å². The quantitative estimate of drug-likeness (QED) is 0.538. The average Bonchev–Trinajstić information content (AvgIpc) is 2.63. The molecule has 1 aliphatic heterocycles. The predicted octanol–water partition coefficient (Wildman–Crippen LogP) is 3.12. The summed E-state index contributed by atoms with van der Waals surface area (Å²) < 4.78 is 0. The van der Waals surface area contributed by atoms with Crippen LogP contribution in [-0.2, 0) is 0 Å². The number of nitrogens with zero attached hydrogens (tertiary/aromatic N) is 2. The molecule has 1 heterocycles. The maximum absolute atomic E-state index is 11.1. The fourth-order valence-corrected chi connectivity index (χ4v) is 4.45. The van der Waals surface area contributed by atoms with Gasteiger partial charge in [-0.05, 0) is 44.7 Å². The molecular formula is C19H28N4O4. The standard InChI is InChI=1S/C19H28N4O4/c1-19(21-17-6-3-2-5-16(17)20-18(24)25)11-4-12-22(13-19)14-7-9-15(10-8-14)23(26)27/h7-10,16-17,20-21H,2-6,11-13H2,1H3,(H,24,25)/t16-,17-,19+/m1/s1. The summed E-state index contributed by atoms with van der Waals surface area (Å²) in [6.07, 6.45) is 5.07. The van der Waals surface area contributed by atoms with Gasteiger partial charge in [-0.3, -0.25) is 10.1 Å². The Hall–Kier alpha value is -2.35. The highest BCUT2D eigenvalue weighted by Gasteiger charge is 2.36. The fourth-order valence-electron chi connectivity index (χ4n) is 4.45. The summed E-state index contributed by atoms with van der Waals surface area (Å²) in [6, 6.07) is 6.78. The van der Waals surface area contributed by atoms with Crippen LogP contribution >= 0.6 is 0 Å². The summed E-state index contributed by atoms with van der Waals surface area (Å²) in [5.41, 5.74) is 0.958. The molecular weight excluding hydrogens is 348 g/mol. The molecule has 1 aromatic carbocycles. The first-order valence-corrected chi connectivity index (χ1v) is 9.63. The Balaban J connectivity index is 1.67. The van der Waals surface area contributed by atoms with E-state index >= 15 is 0 Å². The lowest BCUT2D eigenvalue weighted by molar-refractivity contribution is -0.384. The van der Waals surface area contributed by atoms with E-state index in [9.17, 15) is 14.9 Å². The maximum Gasteiger partial charge on any atom is 0.404 e. The Labute approximate surface area is 159 Å². The highest BCUT2D eigenvalue weighted by molar-refractivity contribution is 5.65. The van der Waals surface area contributed by atoms with Crippen molar-refractivity contribution in [2.75, 3.05) is 18.0 Å². The van der Waals surface area contributed by atoms with Crippen molar-refractivity contribution in [3.8, 4) is 0 Å². The third-order valence-electron chi connectivity index (χ3n) is 5.73. The van der Waals surface area contributed by atoms with Gasteiger partial charge in [0.15, 0.2) is 0 Å². The normalized spacial score (nSPS) is 28.6. The Morgan fingerprint density at radius 3 is 2.52 bits per heavy atom. The van der Waals surface area contributed by atoms with Crippen molar-refractivity contribution in [1.29, 1.82) is 0 Å². The number of nitrogens with one attached hydrogen (secondary N) is 2. The number of hydrogen-bond acceptors (Lipinski definition) is 5. The molecule has 1 saturated carbocycles. The molecule has 1 saturated heterocycles. The molecule has 2 aliphatic rings. The van der Waals surface area contributed by atoms with E-state index in [0.717, 1.165) is 57.3 Å². The molecule has 1 aliphatic carbocycles. The van der Waals surface area contributed by atoms with Gasteiger partial charge >= 0.3 is 6.09 Å². The van der Waals surface area contributed by atoms with Crippen LogP contribution < -0.4 is 15.5 Å². The first kappa shape index (κ1) is 19.4. The number of carboxylic acid groups (broad SMARTS) is 1. The van der Waals surface area contributed by atoms with Crippen molar-refractivity contribution in [3.05, 3.63) is 34.4 Å². The second-order valence-electron chi connectivity index (χ2n) is 7.95. The third-order valence-corrected chi connectivity index (χ3v) is 5.73. The number of non-ortho nitro benzene ring substituents is 1. The molecule has 0 aromatic heterocycles. The number of hydrogen-bond donors (Lipinski definition) is 3. The third kappa shape index (κ3) is 4.88. The van der Waals surface area contributed by atoms with E-state index in [1.165, 1.54) is 0 Å². The van der Waals surface area contributed by atoms with Gasteiger partial charge < -0.3 is 20.6 Å². The summed E-state index contributed by atoms with van der Waals surface area (Å²) in [4.78, 5) is 23.8. The van der Waals surface area contributed by atoms with E-state index in [-0.39, 0.29) is 28.2 Å². The van der Waals surface area contributed by atoms with Crippen LogP contribution in [0.5, 0.6) is 0 Å². The van der Waals surface area contributed by atoms with Crippen LogP contribution in [0.25, 0.3) is 0 Å². The minimum Gasteiger partial charge on any atom is -0.465 e. The smallest absolute Gasteiger partial charge is 0.404 e. The molecule has 0 spiro atoms. The number of piperidine rings is 1.